The van der Waals surface area contributed by atoms with Crippen molar-refractivity contribution in [3.8, 4) is 0 Å². The lowest BCUT2D eigenvalue weighted by atomic mass is 10.2. The molecule has 0 saturated carbocycles. The molecule has 0 heterocycles. The Labute approximate surface area is 96.4 Å². The molecular weight excluding hydrogens is 234 g/mol. The molecule has 1 atom stereocenters. The lowest BCUT2D eigenvalue weighted by Gasteiger charge is -2.25. The van der Waals surface area contributed by atoms with Gasteiger partial charge in [-0.05, 0) is 6.92 Å². The summed E-state index contributed by atoms with van der Waals surface area (Å²) in [6.07, 6.45) is 0. The average molecular weight is 246 g/mol. The zero-order chi connectivity index (χ0) is 13.2. The van der Waals surface area contributed by atoms with Crippen LogP contribution < -0.4 is 4.90 Å². The second kappa shape index (κ2) is 5.05. The Morgan fingerprint density at radius 1 is 1.47 bits per heavy atom. The molecular formula is C10H12F2N2O3. The second-order valence-electron chi connectivity index (χ2n) is 3.66. The first-order valence-corrected chi connectivity index (χ1v) is 4.85. The summed E-state index contributed by atoms with van der Waals surface area (Å²) in [5.41, 5.74) is -1.04. The Morgan fingerprint density at radius 3 is 2.29 bits per heavy atom. The van der Waals surface area contributed by atoms with Crippen LogP contribution in [-0.2, 0) is 0 Å². The van der Waals surface area contributed by atoms with E-state index in [0.717, 1.165) is 0 Å². The van der Waals surface area contributed by atoms with Crippen LogP contribution in [-0.4, -0.2) is 29.7 Å². The average Bonchev–Trinajstić information content (AvgIpc) is 2.26. The van der Waals surface area contributed by atoms with Crippen molar-refractivity contribution >= 4 is 11.4 Å². The minimum absolute atomic E-state index is 0.285. The number of likely N-dealkylation sites (N-methyl/N-ethyl adjacent to an activating group) is 1. The van der Waals surface area contributed by atoms with Crippen molar-refractivity contribution < 1.29 is 18.8 Å². The fourth-order valence-corrected chi connectivity index (χ4v) is 1.34. The third-order valence-corrected chi connectivity index (χ3v) is 2.49. The van der Waals surface area contributed by atoms with Gasteiger partial charge >= 0.3 is 0 Å². The Kier molecular flexibility index (Phi) is 3.95. The minimum atomic E-state index is -1.03. The number of nitrogens with zero attached hydrogens (tertiary/aromatic N) is 2. The molecule has 0 radical (unpaired) electrons. The van der Waals surface area contributed by atoms with E-state index < -0.39 is 34.0 Å². The Morgan fingerprint density at radius 2 is 1.94 bits per heavy atom. The minimum Gasteiger partial charge on any atom is -0.394 e. The maximum absolute atomic E-state index is 13.6. The third-order valence-electron chi connectivity index (χ3n) is 2.49. The van der Waals surface area contributed by atoms with Crippen molar-refractivity contribution in [1.29, 1.82) is 0 Å². The highest BCUT2D eigenvalue weighted by Gasteiger charge is 2.22. The van der Waals surface area contributed by atoms with E-state index in [1.165, 1.54) is 11.9 Å². The molecule has 1 rings (SSSR count). The molecule has 1 aromatic carbocycles. The molecule has 0 bridgehead atoms. The van der Waals surface area contributed by atoms with Crippen LogP contribution in [0.25, 0.3) is 0 Å². The van der Waals surface area contributed by atoms with Crippen molar-refractivity contribution in [3.05, 3.63) is 33.9 Å². The van der Waals surface area contributed by atoms with Crippen molar-refractivity contribution in [2.45, 2.75) is 13.0 Å². The predicted octanol–water partition coefficient (Wildman–Crippen LogP) is 1.69. The lowest BCUT2D eigenvalue weighted by molar-refractivity contribution is -0.385. The van der Waals surface area contributed by atoms with Crippen LogP contribution in [0.5, 0.6) is 0 Å². The smallest absolute Gasteiger partial charge is 0.275 e. The number of nitro groups is 1. The van der Waals surface area contributed by atoms with Crippen LogP contribution in [0.1, 0.15) is 6.92 Å². The van der Waals surface area contributed by atoms with Crippen LogP contribution in [0, 0.1) is 21.7 Å². The zero-order valence-corrected chi connectivity index (χ0v) is 9.35. The molecule has 0 amide bonds. The Hall–Kier alpha value is -1.76. The molecule has 94 valence electrons. The molecule has 0 fully saturated rings. The van der Waals surface area contributed by atoms with Gasteiger partial charge in [-0.1, -0.05) is 0 Å². The number of rotatable bonds is 4. The number of anilines is 1. The first-order valence-electron chi connectivity index (χ1n) is 4.85. The van der Waals surface area contributed by atoms with Gasteiger partial charge in [0.2, 0.25) is 0 Å². The van der Waals surface area contributed by atoms with Crippen LogP contribution in [0.3, 0.4) is 0 Å². The second-order valence-corrected chi connectivity index (χ2v) is 3.66. The third kappa shape index (κ3) is 2.68. The number of aliphatic hydroxyl groups excluding tert-OH is 1. The largest absolute Gasteiger partial charge is 0.394 e. The number of nitro benzene ring substituents is 1. The maximum Gasteiger partial charge on any atom is 0.275 e. The van der Waals surface area contributed by atoms with E-state index in [9.17, 15) is 18.9 Å². The monoisotopic (exact) mass is 246 g/mol. The van der Waals surface area contributed by atoms with E-state index in [2.05, 4.69) is 0 Å². The number of hydrogen-bond acceptors (Lipinski definition) is 4. The summed E-state index contributed by atoms with van der Waals surface area (Å²) in [5, 5.41) is 19.3. The first-order chi connectivity index (χ1) is 7.88. The van der Waals surface area contributed by atoms with Crippen LogP contribution in [0.4, 0.5) is 20.2 Å². The molecule has 0 spiro atoms. The van der Waals surface area contributed by atoms with Gasteiger partial charge in [0.05, 0.1) is 23.7 Å². The van der Waals surface area contributed by atoms with Crippen molar-refractivity contribution in [3.63, 3.8) is 0 Å². The number of halogens is 2. The highest BCUT2D eigenvalue weighted by atomic mass is 19.1. The Bertz CT molecular complexity index is 417. The summed E-state index contributed by atoms with van der Waals surface area (Å²) < 4.78 is 27.1. The van der Waals surface area contributed by atoms with Crippen molar-refractivity contribution in [2.24, 2.45) is 0 Å². The highest BCUT2D eigenvalue weighted by molar-refractivity contribution is 5.53. The van der Waals surface area contributed by atoms with Crippen LogP contribution >= 0.6 is 0 Å². The summed E-state index contributed by atoms with van der Waals surface area (Å²) in [6, 6.07) is 0.804. The van der Waals surface area contributed by atoms with Gasteiger partial charge in [0.1, 0.15) is 5.69 Å². The molecule has 7 heteroatoms. The topological polar surface area (TPSA) is 66.6 Å². The van der Waals surface area contributed by atoms with Gasteiger partial charge in [-0.2, -0.15) is 0 Å². The molecule has 0 aliphatic carbocycles. The van der Waals surface area contributed by atoms with Crippen LogP contribution in [0.15, 0.2) is 12.1 Å². The van der Waals surface area contributed by atoms with E-state index in [0.29, 0.717) is 12.1 Å². The highest BCUT2D eigenvalue weighted by Crippen LogP contribution is 2.28. The van der Waals surface area contributed by atoms with E-state index in [1.54, 1.807) is 6.92 Å². The van der Waals surface area contributed by atoms with Crippen molar-refractivity contribution in [1.82, 2.24) is 0 Å². The number of hydrogen-bond donors (Lipinski definition) is 1. The normalized spacial score (nSPS) is 12.3. The van der Waals surface area contributed by atoms with E-state index in [4.69, 9.17) is 5.11 Å². The first kappa shape index (κ1) is 13.3. The number of non-ortho nitro benzene ring substituents is 1. The molecule has 1 unspecified atom stereocenters. The Balaban J connectivity index is 3.22. The van der Waals surface area contributed by atoms with Gasteiger partial charge in [0, 0.05) is 13.1 Å². The SMILES string of the molecule is CC(CO)N(C)c1c(F)cc([N+](=O)[O-])cc1F. The maximum atomic E-state index is 13.6. The van der Waals surface area contributed by atoms with Crippen LogP contribution in [0.2, 0.25) is 0 Å². The molecule has 1 N–H and O–H groups in total. The number of benzene rings is 1. The summed E-state index contributed by atoms with van der Waals surface area (Å²) in [7, 11) is 1.40. The predicted molar refractivity (Wildman–Crippen MR) is 58.0 cm³/mol. The summed E-state index contributed by atoms with van der Waals surface area (Å²) >= 11 is 0. The van der Waals surface area contributed by atoms with Gasteiger partial charge in [-0.3, -0.25) is 10.1 Å². The molecule has 0 aliphatic rings. The summed E-state index contributed by atoms with van der Waals surface area (Å²) in [6.45, 7) is 1.28. The zero-order valence-electron chi connectivity index (χ0n) is 9.35. The van der Waals surface area contributed by atoms with Crippen molar-refractivity contribution in [2.75, 3.05) is 18.6 Å². The standard InChI is InChI=1S/C10H12F2N2O3/c1-6(5-15)13(2)10-8(11)3-7(14(16)17)4-9(10)12/h3-4,6,15H,5H2,1-2H3. The summed E-state index contributed by atoms with van der Waals surface area (Å²) in [4.78, 5) is 10.7. The van der Waals surface area contributed by atoms with Gasteiger partial charge in [-0.15, -0.1) is 0 Å². The number of aliphatic hydroxyl groups is 1. The van der Waals surface area contributed by atoms with Gasteiger partial charge < -0.3 is 10.0 Å². The quantitative estimate of drug-likeness (QED) is 0.648. The molecule has 0 aliphatic heterocycles. The van der Waals surface area contributed by atoms with Gasteiger partial charge in [0.15, 0.2) is 11.6 Å². The molecule has 17 heavy (non-hydrogen) atoms. The van der Waals surface area contributed by atoms with Gasteiger partial charge in [-0.25, -0.2) is 8.78 Å². The molecule has 1 aromatic rings. The summed E-state index contributed by atoms with van der Waals surface area (Å²) in [5.74, 6) is -2.06. The van der Waals surface area contributed by atoms with E-state index in [1.807, 2.05) is 0 Å². The molecule has 0 aromatic heterocycles. The fraction of sp³-hybridized carbons (Fsp3) is 0.400. The van der Waals surface area contributed by atoms with E-state index >= 15 is 0 Å². The molecule has 5 nitrogen and oxygen atoms in total. The van der Waals surface area contributed by atoms with Gasteiger partial charge in [0.25, 0.3) is 5.69 Å². The fourth-order valence-electron chi connectivity index (χ4n) is 1.34. The molecule has 0 saturated heterocycles. The van der Waals surface area contributed by atoms with E-state index in [-0.39, 0.29) is 6.61 Å². The lowest BCUT2D eigenvalue weighted by Crippen LogP contribution is -2.33.